The van der Waals surface area contributed by atoms with Crippen molar-refractivity contribution in [3.63, 3.8) is 0 Å². The highest BCUT2D eigenvalue weighted by Gasteiger charge is 2.28. The normalized spacial score (nSPS) is 24.9. The van der Waals surface area contributed by atoms with Crippen LogP contribution in [0.4, 0.5) is 0 Å². The van der Waals surface area contributed by atoms with Gasteiger partial charge in [0.2, 0.25) is 0 Å². The standard InChI is InChI=1S/C19H34S/c1-2-3-4-5-6-7-8-9-10-11-12-17-15-18-13-14-19(16-17)20-18/h15,18-19H,2-14,16H2,1H3. The Labute approximate surface area is 131 Å². The molecule has 0 saturated carbocycles. The van der Waals surface area contributed by atoms with E-state index in [1.165, 1.54) is 89.9 Å². The second-order valence-corrected chi connectivity index (χ2v) is 8.38. The Kier molecular flexibility index (Phi) is 8.17. The van der Waals surface area contributed by atoms with E-state index in [0.717, 1.165) is 10.5 Å². The second kappa shape index (κ2) is 9.92. The second-order valence-electron chi connectivity index (χ2n) is 6.83. The van der Waals surface area contributed by atoms with Crippen molar-refractivity contribution in [2.45, 2.75) is 107 Å². The Morgan fingerprint density at radius 3 is 2.20 bits per heavy atom. The van der Waals surface area contributed by atoms with Crippen LogP contribution in [0.2, 0.25) is 0 Å². The first-order chi connectivity index (χ1) is 9.88. The molecule has 1 saturated heterocycles. The molecule has 2 aliphatic heterocycles. The summed E-state index contributed by atoms with van der Waals surface area (Å²) < 4.78 is 0. The van der Waals surface area contributed by atoms with Gasteiger partial charge in [0.05, 0.1) is 0 Å². The minimum Gasteiger partial charge on any atom is -0.151 e. The molecule has 0 aromatic rings. The predicted molar refractivity (Wildman–Crippen MR) is 93.6 cm³/mol. The zero-order chi connectivity index (χ0) is 14.0. The lowest BCUT2D eigenvalue weighted by atomic mass is 10.0. The Balaban J connectivity index is 1.39. The molecule has 0 radical (unpaired) electrons. The minimum atomic E-state index is 0.895. The summed E-state index contributed by atoms with van der Waals surface area (Å²) in [5.74, 6) is 0. The third kappa shape index (κ3) is 6.24. The number of fused-ring (bicyclic) bond motifs is 2. The third-order valence-corrected chi connectivity index (χ3v) is 6.41. The molecule has 116 valence electrons. The average Bonchev–Trinajstić information content (AvgIpc) is 2.80. The molecule has 2 bridgehead atoms. The first-order valence-corrected chi connectivity index (χ1v) is 10.2. The van der Waals surface area contributed by atoms with Crippen LogP contribution in [0, 0.1) is 0 Å². The molecule has 0 aliphatic carbocycles. The van der Waals surface area contributed by atoms with E-state index in [0.29, 0.717) is 0 Å². The van der Waals surface area contributed by atoms with Gasteiger partial charge in [0, 0.05) is 10.5 Å². The first kappa shape index (κ1) is 16.5. The summed E-state index contributed by atoms with van der Waals surface area (Å²) >= 11 is 2.24. The Bertz CT molecular complexity index is 281. The van der Waals surface area contributed by atoms with Crippen molar-refractivity contribution in [3.8, 4) is 0 Å². The number of thioether (sulfide) groups is 1. The molecule has 20 heavy (non-hydrogen) atoms. The molecule has 2 heterocycles. The van der Waals surface area contributed by atoms with Crippen LogP contribution in [0.5, 0.6) is 0 Å². The Hall–Kier alpha value is 0.0900. The Morgan fingerprint density at radius 1 is 0.900 bits per heavy atom. The average molecular weight is 295 g/mol. The fraction of sp³-hybridized carbons (Fsp3) is 0.895. The summed E-state index contributed by atoms with van der Waals surface area (Å²) in [4.78, 5) is 0. The zero-order valence-corrected chi connectivity index (χ0v) is 14.4. The quantitative estimate of drug-likeness (QED) is 0.295. The molecule has 0 amide bonds. The van der Waals surface area contributed by atoms with E-state index in [4.69, 9.17) is 0 Å². The summed E-state index contributed by atoms with van der Waals surface area (Å²) in [5, 5.41) is 1.88. The van der Waals surface area contributed by atoms with Crippen LogP contribution in [-0.2, 0) is 0 Å². The van der Waals surface area contributed by atoms with Crippen molar-refractivity contribution in [3.05, 3.63) is 11.6 Å². The topological polar surface area (TPSA) is 0 Å². The van der Waals surface area contributed by atoms with Crippen molar-refractivity contribution >= 4 is 11.8 Å². The molecule has 0 nitrogen and oxygen atoms in total. The maximum absolute atomic E-state index is 2.61. The van der Waals surface area contributed by atoms with Crippen LogP contribution in [0.15, 0.2) is 11.6 Å². The van der Waals surface area contributed by atoms with E-state index in [1.54, 1.807) is 5.57 Å². The highest BCUT2D eigenvalue weighted by molar-refractivity contribution is 8.01. The van der Waals surface area contributed by atoms with Gasteiger partial charge in [-0.2, -0.15) is 11.8 Å². The van der Waals surface area contributed by atoms with Gasteiger partial charge in [-0.25, -0.2) is 0 Å². The van der Waals surface area contributed by atoms with Crippen LogP contribution in [0.1, 0.15) is 96.8 Å². The summed E-state index contributed by atoms with van der Waals surface area (Å²) in [6.45, 7) is 2.30. The predicted octanol–water partition coefficient (Wildman–Crippen LogP) is 6.89. The van der Waals surface area contributed by atoms with E-state index < -0.39 is 0 Å². The smallest absolute Gasteiger partial charge is 0.0232 e. The number of allylic oxidation sites excluding steroid dienone is 1. The molecule has 1 heteroatoms. The van der Waals surface area contributed by atoms with E-state index >= 15 is 0 Å². The van der Waals surface area contributed by atoms with Gasteiger partial charge in [-0.1, -0.05) is 76.4 Å². The summed E-state index contributed by atoms with van der Waals surface area (Å²) in [6, 6.07) is 0. The molecule has 2 aliphatic rings. The zero-order valence-electron chi connectivity index (χ0n) is 13.5. The van der Waals surface area contributed by atoms with Gasteiger partial charge < -0.3 is 0 Å². The molecule has 0 N–H and O–H groups in total. The minimum absolute atomic E-state index is 0.895. The maximum Gasteiger partial charge on any atom is 0.0232 e. The van der Waals surface area contributed by atoms with E-state index in [9.17, 15) is 0 Å². The van der Waals surface area contributed by atoms with Crippen molar-refractivity contribution < 1.29 is 0 Å². The SMILES string of the molecule is CCCCCCCCCCCCC1=CC2CCC(C1)S2. The van der Waals surface area contributed by atoms with Crippen LogP contribution >= 0.6 is 11.8 Å². The molecule has 2 rings (SSSR count). The lowest BCUT2D eigenvalue weighted by Gasteiger charge is -2.19. The van der Waals surface area contributed by atoms with Gasteiger partial charge >= 0.3 is 0 Å². The van der Waals surface area contributed by atoms with Crippen LogP contribution in [0.25, 0.3) is 0 Å². The number of hydrogen-bond acceptors (Lipinski definition) is 1. The molecule has 0 spiro atoms. The molecule has 2 atom stereocenters. The van der Waals surface area contributed by atoms with E-state index in [-0.39, 0.29) is 0 Å². The van der Waals surface area contributed by atoms with Gasteiger partial charge in [-0.3, -0.25) is 0 Å². The molecule has 0 aromatic carbocycles. The lowest BCUT2D eigenvalue weighted by molar-refractivity contribution is 0.554. The van der Waals surface area contributed by atoms with Gasteiger partial charge in [0.25, 0.3) is 0 Å². The van der Waals surface area contributed by atoms with Crippen LogP contribution in [0.3, 0.4) is 0 Å². The summed E-state index contributed by atoms with van der Waals surface area (Å²) in [5.41, 5.74) is 1.80. The number of unbranched alkanes of at least 4 members (excludes halogenated alkanes) is 9. The first-order valence-electron chi connectivity index (χ1n) is 9.23. The van der Waals surface area contributed by atoms with Gasteiger partial charge in [0.15, 0.2) is 0 Å². The summed E-state index contributed by atoms with van der Waals surface area (Å²) in [6.07, 6.45) is 22.9. The van der Waals surface area contributed by atoms with Gasteiger partial charge in [-0.15, -0.1) is 0 Å². The highest BCUT2D eigenvalue weighted by atomic mass is 32.2. The van der Waals surface area contributed by atoms with Crippen molar-refractivity contribution in [2.75, 3.05) is 0 Å². The van der Waals surface area contributed by atoms with Crippen molar-refractivity contribution in [1.29, 1.82) is 0 Å². The molecule has 1 fully saturated rings. The van der Waals surface area contributed by atoms with Crippen LogP contribution < -0.4 is 0 Å². The fourth-order valence-electron chi connectivity index (χ4n) is 3.65. The van der Waals surface area contributed by atoms with E-state index in [1.807, 2.05) is 0 Å². The fourth-order valence-corrected chi connectivity index (χ4v) is 5.27. The largest absolute Gasteiger partial charge is 0.151 e. The molecule has 2 unspecified atom stereocenters. The maximum atomic E-state index is 2.61. The van der Waals surface area contributed by atoms with Crippen LogP contribution in [-0.4, -0.2) is 10.5 Å². The van der Waals surface area contributed by atoms with Crippen molar-refractivity contribution in [2.24, 2.45) is 0 Å². The van der Waals surface area contributed by atoms with E-state index in [2.05, 4.69) is 24.8 Å². The van der Waals surface area contributed by atoms with Gasteiger partial charge in [0.1, 0.15) is 0 Å². The summed E-state index contributed by atoms with van der Waals surface area (Å²) in [7, 11) is 0. The van der Waals surface area contributed by atoms with Crippen molar-refractivity contribution in [1.82, 2.24) is 0 Å². The van der Waals surface area contributed by atoms with Gasteiger partial charge in [-0.05, 0) is 32.1 Å². The molecular weight excluding hydrogens is 260 g/mol. The lowest BCUT2D eigenvalue weighted by Crippen LogP contribution is -2.05. The number of hydrogen-bond donors (Lipinski definition) is 0. The molecular formula is C19H34S. The third-order valence-electron chi connectivity index (χ3n) is 4.90. The Morgan fingerprint density at radius 2 is 1.55 bits per heavy atom. The molecule has 0 aromatic heterocycles. The monoisotopic (exact) mass is 294 g/mol. The highest BCUT2D eigenvalue weighted by Crippen LogP contribution is 2.43. The number of rotatable bonds is 11.